The van der Waals surface area contributed by atoms with E-state index < -0.39 is 0 Å². The fourth-order valence-electron chi connectivity index (χ4n) is 3.58. The van der Waals surface area contributed by atoms with Crippen LogP contribution in [0.5, 0.6) is 11.5 Å². The molecule has 1 aliphatic carbocycles. The van der Waals surface area contributed by atoms with Gasteiger partial charge >= 0.3 is 0 Å². The smallest absolute Gasteiger partial charge is 0.160 e. The molecule has 0 N–H and O–H groups in total. The van der Waals surface area contributed by atoms with E-state index in [2.05, 4.69) is 11.0 Å². The molecule has 21 heavy (non-hydrogen) atoms. The second-order valence-electron chi connectivity index (χ2n) is 6.03. The first-order valence-electron chi connectivity index (χ1n) is 7.69. The maximum absolute atomic E-state index is 11.8. The molecule has 3 fully saturated rings. The van der Waals surface area contributed by atoms with Gasteiger partial charge in [-0.05, 0) is 37.0 Å². The highest BCUT2D eigenvalue weighted by atomic mass is 16.5. The molecule has 2 unspecified atom stereocenters. The van der Waals surface area contributed by atoms with Crippen LogP contribution in [0.25, 0.3) is 0 Å². The predicted octanol–water partition coefficient (Wildman–Crippen LogP) is 2.30. The lowest BCUT2D eigenvalue weighted by Gasteiger charge is -2.44. The Balaban J connectivity index is 1.62. The minimum absolute atomic E-state index is 0.292. The van der Waals surface area contributed by atoms with Gasteiger partial charge < -0.3 is 9.47 Å². The van der Waals surface area contributed by atoms with Gasteiger partial charge in [0, 0.05) is 31.5 Å². The molecule has 1 saturated carbocycles. The first-order valence-corrected chi connectivity index (χ1v) is 7.69. The molecule has 4 heteroatoms. The van der Waals surface area contributed by atoms with E-state index in [9.17, 15) is 4.79 Å². The van der Waals surface area contributed by atoms with E-state index in [1.165, 1.54) is 12.0 Å². The van der Waals surface area contributed by atoms with Crippen molar-refractivity contribution in [2.75, 3.05) is 27.3 Å². The first kappa shape index (κ1) is 14.4. The topological polar surface area (TPSA) is 38.8 Å². The molecule has 2 saturated heterocycles. The lowest BCUT2D eigenvalue weighted by atomic mass is 9.79. The molecule has 1 aromatic rings. The van der Waals surface area contributed by atoms with Gasteiger partial charge in [0.2, 0.25) is 0 Å². The molecule has 0 radical (unpaired) electrons. The van der Waals surface area contributed by atoms with E-state index in [4.69, 9.17) is 9.47 Å². The lowest BCUT2D eigenvalue weighted by molar-refractivity contribution is -0.132. The number of piperidine rings is 2. The van der Waals surface area contributed by atoms with Crippen LogP contribution < -0.4 is 9.47 Å². The van der Waals surface area contributed by atoms with Crippen molar-refractivity contribution >= 4 is 5.78 Å². The molecule has 2 atom stereocenters. The van der Waals surface area contributed by atoms with E-state index >= 15 is 0 Å². The zero-order chi connectivity index (χ0) is 14.8. The molecule has 0 amide bonds. The molecule has 2 aliphatic heterocycles. The Labute approximate surface area is 126 Å². The molecule has 1 aromatic carbocycles. The van der Waals surface area contributed by atoms with Gasteiger partial charge in [0.15, 0.2) is 11.5 Å². The summed E-state index contributed by atoms with van der Waals surface area (Å²) in [5, 5.41) is 0. The van der Waals surface area contributed by atoms with E-state index in [1.54, 1.807) is 14.2 Å². The van der Waals surface area contributed by atoms with Crippen LogP contribution in [0.15, 0.2) is 18.2 Å². The molecule has 4 rings (SSSR count). The van der Waals surface area contributed by atoms with Gasteiger partial charge in [0.25, 0.3) is 0 Å². The molecular weight excluding hydrogens is 266 g/mol. The molecule has 2 heterocycles. The molecule has 0 spiro atoms. The maximum Gasteiger partial charge on any atom is 0.160 e. The van der Waals surface area contributed by atoms with Crippen molar-refractivity contribution in [2.24, 2.45) is 5.92 Å². The number of ether oxygens (including phenoxy) is 2. The third kappa shape index (κ3) is 2.91. The third-order valence-electron chi connectivity index (χ3n) is 4.85. The summed E-state index contributed by atoms with van der Waals surface area (Å²) in [6, 6.07) is 6.57. The number of carbonyl (C=O) groups is 1. The average molecular weight is 289 g/mol. The van der Waals surface area contributed by atoms with Crippen molar-refractivity contribution < 1.29 is 14.3 Å². The van der Waals surface area contributed by atoms with E-state index in [-0.39, 0.29) is 0 Å². The summed E-state index contributed by atoms with van der Waals surface area (Å²) in [4.78, 5) is 14.3. The van der Waals surface area contributed by atoms with Crippen LogP contribution in [0.4, 0.5) is 0 Å². The van der Waals surface area contributed by atoms with Crippen molar-refractivity contribution in [2.45, 2.75) is 31.7 Å². The number of fused-ring (bicyclic) bond motifs is 3. The lowest BCUT2D eigenvalue weighted by Crippen LogP contribution is -2.52. The Morgan fingerprint density at radius 2 is 2.00 bits per heavy atom. The van der Waals surface area contributed by atoms with Gasteiger partial charge in [-0.25, -0.2) is 0 Å². The fourth-order valence-corrected chi connectivity index (χ4v) is 3.58. The van der Waals surface area contributed by atoms with Crippen LogP contribution in [0, 0.1) is 5.92 Å². The first-order chi connectivity index (χ1) is 10.2. The van der Waals surface area contributed by atoms with E-state index in [0.717, 1.165) is 43.9 Å². The second-order valence-corrected chi connectivity index (χ2v) is 6.03. The van der Waals surface area contributed by atoms with Crippen LogP contribution in [-0.2, 0) is 11.2 Å². The van der Waals surface area contributed by atoms with Gasteiger partial charge in [-0.15, -0.1) is 0 Å². The van der Waals surface area contributed by atoms with Crippen LogP contribution in [-0.4, -0.2) is 44.0 Å². The number of hydrogen-bond donors (Lipinski definition) is 0. The highest BCUT2D eigenvalue weighted by Gasteiger charge is 2.38. The van der Waals surface area contributed by atoms with Crippen molar-refractivity contribution in [1.29, 1.82) is 0 Å². The average Bonchev–Trinajstić information content (AvgIpc) is 2.53. The summed E-state index contributed by atoms with van der Waals surface area (Å²) in [5.41, 5.74) is 1.25. The molecular formula is C17H23NO3. The highest BCUT2D eigenvalue weighted by Crippen LogP contribution is 2.33. The molecule has 3 aliphatic rings. The number of nitrogens with zero attached hydrogens (tertiary/aromatic N) is 1. The standard InChI is InChI=1S/C17H23NO3/c1-20-16-6-3-12(9-17(16)21-2)7-8-18-11-13-4-5-14(18)10-15(13)19/h3,6,9,13-14H,4-5,7-8,10-11H2,1-2H3. The van der Waals surface area contributed by atoms with Gasteiger partial charge in [-0.2, -0.15) is 0 Å². The van der Waals surface area contributed by atoms with Gasteiger partial charge in [-0.1, -0.05) is 6.07 Å². The molecule has 114 valence electrons. The SMILES string of the molecule is COc1ccc(CCN2CC3CCC2CC3=O)cc1OC. The Bertz CT molecular complexity index is 529. The maximum atomic E-state index is 11.8. The molecule has 2 bridgehead atoms. The summed E-state index contributed by atoms with van der Waals surface area (Å²) in [6.07, 6.45) is 4.02. The monoisotopic (exact) mass is 289 g/mol. The highest BCUT2D eigenvalue weighted by molar-refractivity contribution is 5.83. The van der Waals surface area contributed by atoms with Gasteiger partial charge in [-0.3, -0.25) is 9.69 Å². The number of methoxy groups -OCH3 is 2. The zero-order valence-corrected chi connectivity index (χ0v) is 12.8. The summed E-state index contributed by atoms with van der Waals surface area (Å²) in [7, 11) is 3.32. The van der Waals surface area contributed by atoms with Gasteiger partial charge in [0.1, 0.15) is 5.78 Å². The second kappa shape index (κ2) is 6.06. The third-order valence-corrected chi connectivity index (χ3v) is 4.85. The Kier molecular flexibility index (Phi) is 4.15. The minimum Gasteiger partial charge on any atom is -0.493 e. The zero-order valence-electron chi connectivity index (χ0n) is 12.8. The van der Waals surface area contributed by atoms with Crippen molar-refractivity contribution in [3.05, 3.63) is 23.8 Å². The predicted molar refractivity (Wildman–Crippen MR) is 81.0 cm³/mol. The van der Waals surface area contributed by atoms with Crippen molar-refractivity contribution in [1.82, 2.24) is 4.90 Å². The quantitative estimate of drug-likeness (QED) is 0.834. The van der Waals surface area contributed by atoms with E-state index in [0.29, 0.717) is 17.7 Å². The van der Waals surface area contributed by atoms with Crippen LogP contribution in [0.3, 0.4) is 0 Å². The Hall–Kier alpha value is -1.55. The normalized spacial score (nSPS) is 25.1. The number of carbonyl (C=O) groups excluding carboxylic acids is 1. The molecule has 4 nitrogen and oxygen atoms in total. The van der Waals surface area contributed by atoms with Crippen molar-refractivity contribution in [3.8, 4) is 11.5 Å². The molecule has 0 aromatic heterocycles. The largest absolute Gasteiger partial charge is 0.493 e. The number of rotatable bonds is 5. The fraction of sp³-hybridized carbons (Fsp3) is 0.588. The van der Waals surface area contributed by atoms with Crippen LogP contribution in [0.2, 0.25) is 0 Å². The Morgan fingerprint density at radius 1 is 1.19 bits per heavy atom. The number of hydrogen-bond acceptors (Lipinski definition) is 4. The number of ketones is 1. The summed E-state index contributed by atoms with van der Waals surface area (Å²) < 4.78 is 10.6. The van der Waals surface area contributed by atoms with Crippen LogP contribution in [0.1, 0.15) is 24.8 Å². The number of benzene rings is 1. The van der Waals surface area contributed by atoms with Crippen LogP contribution >= 0.6 is 0 Å². The number of Topliss-reactive ketones (excluding diaryl/α,β-unsaturated/α-hetero) is 1. The van der Waals surface area contributed by atoms with E-state index in [1.807, 2.05) is 12.1 Å². The summed E-state index contributed by atoms with van der Waals surface area (Å²) in [6.45, 7) is 1.97. The minimum atomic E-state index is 0.292. The Morgan fingerprint density at radius 3 is 2.62 bits per heavy atom. The van der Waals surface area contributed by atoms with Crippen molar-refractivity contribution in [3.63, 3.8) is 0 Å². The summed E-state index contributed by atoms with van der Waals surface area (Å²) >= 11 is 0. The van der Waals surface area contributed by atoms with Gasteiger partial charge in [0.05, 0.1) is 14.2 Å². The summed E-state index contributed by atoms with van der Waals surface area (Å²) in [5.74, 6) is 2.32.